The van der Waals surface area contributed by atoms with Crippen LogP contribution in [-0.4, -0.2) is 42.9 Å². The molecule has 1 aliphatic carbocycles. The number of nitriles is 1. The number of amides is 2. The number of esters is 1. The van der Waals surface area contributed by atoms with Gasteiger partial charge in [0.25, 0.3) is 0 Å². The van der Waals surface area contributed by atoms with Crippen LogP contribution >= 0.6 is 0 Å². The van der Waals surface area contributed by atoms with E-state index in [2.05, 4.69) is 10.6 Å². The number of hydrogen-bond donors (Lipinski definition) is 2. The molecule has 1 aliphatic heterocycles. The molecule has 0 aromatic carbocycles. The Morgan fingerprint density at radius 3 is 2.52 bits per heavy atom. The summed E-state index contributed by atoms with van der Waals surface area (Å²) < 4.78 is 31.8. The van der Waals surface area contributed by atoms with E-state index in [-0.39, 0.29) is 56.0 Å². The zero-order chi connectivity index (χ0) is 23.0. The first-order valence-corrected chi connectivity index (χ1v) is 11.1. The van der Waals surface area contributed by atoms with Gasteiger partial charge in [-0.15, -0.1) is 0 Å². The first-order valence-electron chi connectivity index (χ1n) is 11.1. The van der Waals surface area contributed by atoms with Crippen LogP contribution in [0, 0.1) is 35.0 Å². The summed E-state index contributed by atoms with van der Waals surface area (Å²) >= 11 is 0. The monoisotopic (exact) mass is 441 g/mol. The standard InChI is InChI=1S/C22H33F2N3O4/c1-14(2)9-17(11-19(28)31-13-15-3-6-22(23,24)7-4-15)21(30)27-18(12-25)10-16-5-8-26-20(16)29/h14-18H,3-11,13H2,1-2H3,(H,26,29)(H,27,30)/t16-,17+,18-/m0/s1. The van der Waals surface area contributed by atoms with Crippen LogP contribution in [0.4, 0.5) is 8.78 Å². The lowest BCUT2D eigenvalue weighted by Crippen LogP contribution is -2.41. The quantitative estimate of drug-likeness (QED) is 0.507. The molecule has 0 aromatic rings. The number of halogens is 2. The predicted octanol–water partition coefficient (Wildman–Crippen LogP) is 2.94. The van der Waals surface area contributed by atoms with Crippen molar-refractivity contribution in [1.29, 1.82) is 5.26 Å². The lowest BCUT2D eigenvalue weighted by atomic mass is 9.87. The molecule has 2 fully saturated rings. The van der Waals surface area contributed by atoms with Gasteiger partial charge in [0.2, 0.25) is 17.7 Å². The molecule has 2 N–H and O–H groups in total. The topological polar surface area (TPSA) is 108 Å². The van der Waals surface area contributed by atoms with E-state index in [9.17, 15) is 28.4 Å². The van der Waals surface area contributed by atoms with Gasteiger partial charge < -0.3 is 15.4 Å². The van der Waals surface area contributed by atoms with E-state index >= 15 is 0 Å². The van der Waals surface area contributed by atoms with Gasteiger partial charge in [0.15, 0.2) is 0 Å². The van der Waals surface area contributed by atoms with Crippen LogP contribution in [0.1, 0.15) is 65.2 Å². The SMILES string of the molecule is CC(C)C[C@H](CC(=O)OCC1CCC(F)(F)CC1)C(=O)N[C@H](C#N)C[C@@H]1CCNC1=O. The molecule has 1 saturated heterocycles. The Bertz CT molecular complexity index is 683. The van der Waals surface area contributed by atoms with E-state index in [0.29, 0.717) is 32.2 Å². The molecule has 0 radical (unpaired) electrons. The van der Waals surface area contributed by atoms with E-state index < -0.39 is 29.8 Å². The normalized spacial score (nSPS) is 23.0. The fourth-order valence-corrected chi connectivity index (χ4v) is 4.18. The number of hydrogen-bond acceptors (Lipinski definition) is 5. The molecule has 0 spiro atoms. The van der Waals surface area contributed by atoms with E-state index in [1.165, 1.54) is 0 Å². The Morgan fingerprint density at radius 2 is 1.97 bits per heavy atom. The number of ether oxygens (including phenoxy) is 1. The van der Waals surface area contributed by atoms with Gasteiger partial charge in [0.1, 0.15) is 6.04 Å². The second-order valence-electron chi connectivity index (χ2n) is 9.22. The minimum absolute atomic E-state index is 0.0820. The number of rotatable bonds is 10. The largest absolute Gasteiger partial charge is 0.465 e. The molecule has 0 bridgehead atoms. The maximum Gasteiger partial charge on any atom is 0.306 e. The van der Waals surface area contributed by atoms with Crippen molar-refractivity contribution >= 4 is 17.8 Å². The molecule has 174 valence electrons. The minimum atomic E-state index is -2.63. The Balaban J connectivity index is 1.84. The Labute approximate surface area is 182 Å². The Morgan fingerprint density at radius 1 is 1.29 bits per heavy atom. The van der Waals surface area contributed by atoms with Crippen molar-refractivity contribution < 1.29 is 27.9 Å². The second-order valence-corrected chi connectivity index (χ2v) is 9.22. The van der Waals surface area contributed by atoms with E-state index in [1.54, 1.807) is 0 Å². The van der Waals surface area contributed by atoms with E-state index in [4.69, 9.17) is 4.74 Å². The fraction of sp³-hybridized carbons (Fsp3) is 0.818. The third-order valence-corrected chi connectivity index (χ3v) is 6.01. The van der Waals surface area contributed by atoms with Crippen molar-refractivity contribution in [2.45, 2.75) is 77.2 Å². The van der Waals surface area contributed by atoms with Gasteiger partial charge >= 0.3 is 5.97 Å². The zero-order valence-electron chi connectivity index (χ0n) is 18.3. The summed E-state index contributed by atoms with van der Waals surface area (Å²) in [5.74, 6) is -4.59. The van der Waals surface area contributed by atoms with Crippen LogP contribution < -0.4 is 10.6 Å². The van der Waals surface area contributed by atoms with Crippen LogP contribution in [0.25, 0.3) is 0 Å². The number of carbonyl (C=O) groups is 3. The third-order valence-electron chi connectivity index (χ3n) is 6.01. The summed E-state index contributed by atoms with van der Waals surface area (Å²) in [6.45, 7) is 4.51. The number of nitrogens with one attached hydrogen (secondary N) is 2. The van der Waals surface area contributed by atoms with Crippen LogP contribution in [0.5, 0.6) is 0 Å². The lowest BCUT2D eigenvalue weighted by Gasteiger charge is -2.28. The van der Waals surface area contributed by atoms with Crippen molar-refractivity contribution in [3.05, 3.63) is 0 Å². The highest BCUT2D eigenvalue weighted by Crippen LogP contribution is 2.36. The first-order chi connectivity index (χ1) is 14.6. The van der Waals surface area contributed by atoms with Gasteiger partial charge in [-0.2, -0.15) is 5.26 Å². The second kappa shape index (κ2) is 11.4. The van der Waals surface area contributed by atoms with Crippen molar-refractivity contribution in [3.63, 3.8) is 0 Å². The molecule has 0 aromatic heterocycles. The summed E-state index contributed by atoms with van der Waals surface area (Å²) in [7, 11) is 0. The number of alkyl halides is 2. The first kappa shape index (κ1) is 25.0. The average Bonchev–Trinajstić information content (AvgIpc) is 3.10. The average molecular weight is 442 g/mol. The van der Waals surface area contributed by atoms with Crippen molar-refractivity contribution in [3.8, 4) is 6.07 Å². The van der Waals surface area contributed by atoms with Gasteiger partial charge in [-0.05, 0) is 43.9 Å². The van der Waals surface area contributed by atoms with Gasteiger partial charge in [0, 0.05) is 31.2 Å². The summed E-state index contributed by atoms with van der Waals surface area (Å²) in [6, 6.07) is 1.22. The molecule has 3 atom stereocenters. The van der Waals surface area contributed by atoms with Gasteiger partial charge in [-0.3, -0.25) is 14.4 Å². The summed E-state index contributed by atoms with van der Waals surface area (Å²) in [6.07, 6.45) is 1.42. The molecule has 9 heteroatoms. The minimum Gasteiger partial charge on any atom is -0.465 e. The van der Waals surface area contributed by atoms with Crippen LogP contribution in [0.3, 0.4) is 0 Å². The predicted molar refractivity (Wildman–Crippen MR) is 109 cm³/mol. The van der Waals surface area contributed by atoms with Crippen LogP contribution in [0.2, 0.25) is 0 Å². The maximum atomic E-state index is 13.2. The highest BCUT2D eigenvalue weighted by Gasteiger charge is 2.35. The third kappa shape index (κ3) is 8.42. The molecule has 1 heterocycles. The summed E-state index contributed by atoms with van der Waals surface area (Å²) in [4.78, 5) is 36.8. The number of carbonyl (C=O) groups excluding carboxylic acids is 3. The van der Waals surface area contributed by atoms with Gasteiger partial charge in [-0.25, -0.2) is 8.78 Å². The van der Waals surface area contributed by atoms with Gasteiger partial charge in [-0.1, -0.05) is 13.8 Å². The Hall–Kier alpha value is -2.24. The van der Waals surface area contributed by atoms with E-state index in [1.807, 2.05) is 19.9 Å². The van der Waals surface area contributed by atoms with Crippen molar-refractivity contribution in [2.24, 2.45) is 23.7 Å². The lowest BCUT2D eigenvalue weighted by molar-refractivity contribution is -0.149. The molecule has 7 nitrogen and oxygen atoms in total. The summed E-state index contributed by atoms with van der Waals surface area (Å²) in [5.41, 5.74) is 0. The molecular weight excluding hydrogens is 408 g/mol. The smallest absolute Gasteiger partial charge is 0.306 e. The molecule has 2 rings (SSSR count). The van der Waals surface area contributed by atoms with Crippen molar-refractivity contribution in [2.75, 3.05) is 13.2 Å². The van der Waals surface area contributed by atoms with Gasteiger partial charge in [0.05, 0.1) is 19.1 Å². The maximum absolute atomic E-state index is 13.2. The molecule has 1 saturated carbocycles. The Kier molecular flexibility index (Phi) is 9.20. The molecule has 0 unspecified atom stereocenters. The highest BCUT2D eigenvalue weighted by molar-refractivity contribution is 5.84. The summed E-state index contributed by atoms with van der Waals surface area (Å²) in [5, 5.41) is 14.8. The van der Waals surface area contributed by atoms with E-state index in [0.717, 1.165) is 0 Å². The number of nitrogens with zero attached hydrogens (tertiary/aromatic N) is 1. The molecule has 2 aliphatic rings. The fourth-order valence-electron chi connectivity index (χ4n) is 4.18. The van der Waals surface area contributed by atoms with Crippen LogP contribution in [0.15, 0.2) is 0 Å². The molecular formula is C22H33F2N3O4. The highest BCUT2D eigenvalue weighted by atomic mass is 19.3. The van der Waals surface area contributed by atoms with Crippen LogP contribution in [-0.2, 0) is 19.1 Å². The molecule has 31 heavy (non-hydrogen) atoms. The zero-order valence-corrected chi connectivity index (χ0v) is 18.3. The molecule has 2 amide bonds. The van der Waals surface area contributed by atoms with Crippen molar-refractivity contribution in [1.82, 2.24) is 10.6 Å².